The van der Waals surface area contributed by atoms with Crippen LogP contribution in [0.5, 0.6) is 5.75 Å². The lowest BCUT2D eigenvalue weighted by atomic mass is 9.85. The van der Waals surface area contributed by atoms with E-state index in [-0.39, 0.29) is 17.2 Å². The van der Waals surface area contributed by atoms with Crippen molar-refractivity contribution in [3.8, 4) is 5.75 Å². The summed E-state index contributed by atoms with van der Waals surface area (Å²) in [4.78, 5) is 13.0. The molecule has 5 rings (SSSR count). The van der Waals surface area contributed by atoms with Gasteiger partial charge in [0, 0.05) is 5.41 Å². The number of rotatable bonds is 8. The lowest BCUT2D eigenvalue weighted by Gasteiger charge is -2.18. The maximum Gasteiger partial charge on any atom is 0.244 e. The molecule has 1 fully saturated rings. The molecule has 4 heteroatoms. The molecule has 1 amide bonds. The van der Waals surface area contributed by atoms with Crippen molar-refractivity contribution >= 4 is 12.1 Å². The van der Waals surface area contributed by atoms with E-state index in [9.17, 15) is 4.79 Å². The second-order valence-electron chi connectivity index (χ2n) is 8.54. The van der Waals surface area contributed by atoms with E-state index in [1.54, 1.807) is 6.21 Å². The van der Waals surface area contributed by atoms with Gasteiger partial charge in [-0.2, -0.15) is 5.10 Å². The van der Waals surface area contributed by atoms with E-state index in [4.69, 9.17) is 4.74 Å². The number of amides is 1. The summed E-state index contributed by atoms with van der Waals surface area (Å²) in [5.41, 5.74) is 6.80. The fourth-order valence-electron chi connectivity index (χ4n) is 4.49. The number of hydrogen-bond acceptors (Lipinski definition) is 3. The van der Waals surface area contributed by atoms with E-state index >= 15 is 0 Å². The van der Waals surface area contributed by atoms with Crippen LogP contribution >= 0.6 is 0 Å². The average Bonchev–Trinajstić information content (AvgIpc) is 3.67. The monoisotopic (exact) mass is 446 g/mol. The smallest absolute Gasteiger partial charge is 0.244 e. The van der Waals surface area contributed by atoms with Gasteiger partial charge in [-0.25, -0.2) is 5.43 Å². The predicted molar refractivity (Wildman–Crippen MR) is 135 cm³/mol. The van der Waals surface area contributed by atoms with Gasteiger partial charge in [0.2, 0.25) is 5.91 Å². The predicted octanol–water partition coefficient (Wildman–Crippen LogP) is 5.72. The van der Waals surface area contributed by atoms with Crippen LogP contribution < -0.4 is 10.2 Å². The Balaban J connectivity index is 1.21. The molecule has 0 aromatic heterocycles. The third kappa shape index (κ3) is 4.62. The van der Waals surface area contributed by atoms with Crippen molar-refractivity contribution in [1.29, 1.82) is 0 Å². The van der Waals surface area contributed by atoms with E-state index < -0.39 is 0 Å². The number of hydrogen-bond donors (Lipinski definition) is 1. The highest BCUT2D eigenvalue weighted by molar-refractivity contribution is 5.87. The van der Waals surface area contributed by atoms with Crippen molar-refractivity contribution in [2.24, 2.45) is 11.0 Å². The minimum atomic E-state index is -0.292. The highest BCUT2D eigenvalue weighted by Crippen LogP contribution is 2.58. The Hall–Kier alpha value is -4.18. The zero-order valence-electron chi connectivity index (χ0n) is 18.8. The molecule has 1 atom stereocenters. The zero-order chi connectivity index (χ0) is 23.2. The Morgan fingerprint density at radius 1 is 0.824 bits per heavy atom. The molecule has 168 valence electrons. The highest BCUT2D eigenvalue weighted by atomic mass is 16.5. The van der Waals surface area contributed by atoms with Gasteiger partial charge in [-0.3, -0.25) is 4.79 Å². The van der Waals surface area contributed by atoms with Crippen LogP contribution in [0.2, 0.25) is 0 Å². The Labute approximate surface area is 199 Å². The maximum atomic E-state index is 13.0. The molecule has 0 saturated heterocycles. The number of carbonyl (C=O) groups excluding carboxylic acids is 1. The van der Waals surface area contributed by atoms with Crippen LogP contribution in [-0.4, -0.2) is 12.1 Å². The number of benzene rings is 4. The largest absolute Gasteiger partial charge is 0.489 e. The molecule has 34 heavy (non-hydrogen) atoms. The number of nitrogens with zero attached hydrogens (tertiary/aromatic N) is 1. The number of carbonyl (C=O) groups is 1. The first kappa shape index (κ1) is 21.7. The van der Waals surface area contributed by atoms with E-state index in [0.29, 0.717) is 6.61 Å². The normalized spacial score (nSPS) is 16.2. The lowest BCUT2D eigenvalue weighted by Crippen LogP contribution is -2.25. The van der Waals surface area contributed by atoms with Crippen molar-refractivity contribution in [3.63, 3.8) is 0 Å². The maximum absolute atomic E-state index is 13.0. The second-order valence-corrected chi connectivity index (χ2v) is 8.54. The lowest BCUT2D eigenvalue weighted by molar-refractivity contribution is -0.122. The molecule has 1 unspecified atom stereocenters. The molecule has 1 saturated carbocycles. The minimum Gasteiger partial charge on any atom is -0.489 e. The fourth-order valence-corrected chi connectivity index (χ4v) is 4.49. The molecule has 0 aliphatic heterocycles. The van der Waals surface area contributed by atoms with Crippen molar-refractivity contribution in [2.75, 3.05) is 0 Å². The van der Waals surface area contributed by atoms with Gasteiger partial charge >= 0.3 is 0 Å². The first-order valence-corrected chi connectivity index (χ1v) is 11.5. The molecule has 1 aliphatic rings. The van der Waals surface area contributed by atoms with Crippen molar-refractivity contribution in [1.82, 2.24) is 5.43 Å². The summed E-state index contributed by atoms with van der Waals surface area (Å²) in [6.45, 7) is 0.524. The SMILES string of the molecule is O=C(N/N=C/c1ccc(OCc2ccccc2)cc1)C1CC1(c1ccccc1)c1ccccc1. The van der Waals surface area contributed by atoms with Crippen LogP contribution in [0.4, 0.5) is 0 Å². The Morgan fingerprint density at radius 3 is 1.97 bits per heavy atom. The van der Waals surface area contributed by atoms with Gasteiger partial charge in [0.1, 0.15) is 12.4 Å². The summed E-state index contributed by atoms with van der Waals surface area (Å²) in [6.07, 6.45) is 2.43. The van der Waals surface area contributed by atoms with E-state index in [1.807, 2.05) is 91.0 Å². The third-order valence-electron chi connectivity index (χ3n) is 6.37. The van der Waals surface area contributed by atoms with Gasteiger partial charge in [0.25, 0.3) is 0 Å². The van der Waals surface area contributed by atoms with Crippen LogP contribution in [-0.2, 0) is 16.8 Å². The van der Waals surface area contributed by atoms with Crippen molar-refractivity contribution < 1.29 is 9.53 Å². The summed E-state index contributed by atoms with van der Waals surface area (Å²) < 4.78 is 5.82. The van der Waals surface area contributed by atoms with Crippen LogP contribution in [0.1, 0.15) is 28.7 Å². The summed E-state index contributed by atoms with van der Waals surface area (Å²) in [5, 5.41) is 4.21. The topological polar surface area (TPSA) is 50.7 Å². The van der Waals surface area contributed by atoms with Crippen molar-refractivity contribution in [3.05, 3.63) is 138 Å². The highest BCUT2D eigenvalue weighted by Gasteiger charge is 2.60. The second kappa shape index (κ2) is 9.75. The minimum absolute atomic E-state index is 0.0632. The summed E-state index contributed by atoms with van der Waals surface area (Å²) >= 11 is 0. The van der Waals surface area contributed by atoms with E-state index in [0.717, 1.165) is 34.4 Å². The molecule has 1 aliphatic carbocycles. The summed E-state index contributed by atoms with van der Waals surface area (Å²) in [7, 11) is 0. The van der Waals surface area contributed by atoms with Gasteiger partial charge in [0.15, 0.2) is 0 Å². The Bertz CT molecular complexity index is 1210. The van der Waals surface area contributed by atoms with Crippen LogP contribution in [0.15, 0.2) is 120 Å². The van der Waals surface area contributed by atoms with E-state index in [1.165, 1.54) is 0 Å². The summed E-state index contributed by atoms with van der Waals surface area (Å²) in [6, 6.07) is 38.2. The van der Waals surface area contributed by atoms with E-state index in [2.05, 4.69) is 34.8 Å². The average molecular weight is 447 g/mol. The first-order chi connectivity index (χ1) is 16.8. The third-order valence-corrected chi connectivity index (χ3v) is 6.37. The molecular formula is C30H26N2O2. The quantitative estimate of drug-likeness (QED) is 0.278. The van der Waals surface area contributed by atoms with Gasteiger partial charge in [0.05, 0.1) is 12.1 Å². The first-order valence-electron chi connectivity index (χ1n) is 11.5. The Kier molecular flexibility index (Phi) is 6.21. The molecule has 0 heterocycles. The van der Waals surface area contributed by atoms with Gasteiger partial charge in [-0.15, -0.1) is 0 Å². The summed E-state index contributed by atoms with van der Waals surface area (Å²) in [5.74, 6) is 0.577. The fraction of sp³-hybridized carbons (Fsp3) is 0.133. The molecular weight excluding hydrogens is 420 g/mol. The van der Waals surface area contributed by atoms with Crippen LogP contribution in [0, 0.1) is 5.92 Å². The number of hydrazone groups is 1. The van der Waals surface area contributed by atoms with Gasteiger partial charge in [-0.1, -0.05) is 91.0 Å². The van der Waals surface area contributed by atoms with Gasteiger partial charge < -0.3 is 4.74 Å². The molecule has 0 radical (unpaired) electrons. The number of ether oxygens (including phenoxy) is 1. The number of nitrogens with one attached hydrogen (secondary N) is 1. The molecule has 4 aromatic carbocycles. The zero-order valence-corrected chi connectivity index (χ0v) is 18.8. The van der Waals surface area contributed by atoms with Crippen LogP contribution in [0.3, 0.4) is 0 Å². The molecule has 0 spiro atoms. The molecule has 4 aromatic rings. The molecule has 1 N–H and O–H groups in total. The van der Waals surface area contributed by atoms with Crippen molar-refractivity contribution in [2.45, 2.75) is 18.4 Å². The van der Waals surface area contributed by atoms with Gasteiger partial charge in [-0.05, 0) is 52.9 Å². The Morgan fingerprint density at radius 2 is 1.38 bits per heavy atom. The standard InChI is InChI=1S/C30H26N2O2/c33-29(28-20-30(28,25-12-6-2-7-13-25)26-14-8-3-9-15-26)32-31-21-23-16-18-27(19-17-23)34-22-24-10-4-1-5-11-24/h1-19,21,28H,20,22H2,(H,32,33)/b31-21+. The molecule has 0 bridgehead atoms. The molecule has 4 nitrogen and oxygen atoms in total. The van der Waals surface area contributed by atoms with Crippen LogP contribution in [0.25, 0.3) is 0 Å².